The maximum atomic E-state index is 12.4. The molecule has 102 valence electrons. The molecule has 0 radical (unpaired) electrons. The lowest BCUT2D eigenvalue weighted by Gasteiger charge is -2.02. The van der Waals surface area contributed by atoms with E-state index >= 15 is 0 Å². The smallest absolute Gasteiger partial charge is 0.217 e. The van der Waals surface area contributed by atoms with Gasteiger partial charge in [-0.1, -0.05) is 59.3 Å². The van der Waals surface area contributed by atoms with E-state index in [0.29, 0.717) is 4.34 Å². The molecule has 1 aromatic heterocycles. The van der Waals surface area contributed by atoms with Gasteiger partial charge in [-0.3, -0.25) is 0 Å². The standard InChI is InChI=1S/C12H12ClNO2S3/c1-3-17-12-14-11(10(13)18-12)19(15,16)9-6-4-8(2)5-7-9/h4-7H,3H2,1-2H3. The highest BCUT2D eigenvalue weighted by molar-refractivity contribution is 8.01. The lowest BCUT2D eigenvalue weighted by atomic mass is 10.2. The zero-order chi connectivity index (χ0) is 14.0. The SMILES string of the molecule is CCSc1nc(S(=O)(=O)c2ccc(C)cc2)c(Cl)s1. The van der Waals surface area contributed by atoms with Gasteiger partial charge in [-0.2, -0.15) is 0 Å². The second-order valence-corrected chi connectivity index (χ2v) is 8.79. The molecule has 0 N–H and O–H groups in total. The molecular weight excluding hydrogens is 322 g/mol. The van der Waals surface area contributed by atoms with Gasteiger partial charge in [0.25, 0.3) is 0 Å². The first-order chi connectivity index (χ1) is 8.95. The van der Waals surface area contributed by atoms with Gasteiger partial charge in [-0.05, 0) is 24.8 Å². The van der Waals surface area contributed by atoms with Crippen LogP contribution >= 0.6 is 34.7 Å². The molecule has 3 nitrogen and oxygen atoms in total. The Kier molecular flexibility index (Phi) is 4.55. The van der Waals surface area contributed by atoms with E-state index in [4.69, 9.17) is 11.6 Å². The molecule has 19 heavy (non-hydrogen) atoms. The van der Waals surface area contributed by atoms with Crippen LogP contribution in [0.1, 0.15) is 12.5 Å². The van der Waals surface area contributed by atoms with Crippen LogP contribution < -0.4 is 0 Å². The van der Waals surface area contributed by atoms with E-state index in [1.165, 1.54) is 23.1 Å². The Morgan fingerprint density at radius 3 is 2.53 bits per heavy atom. The molecule has 0 aliphatic heterocycles. The molecule has 0 atom stereocenters. The second kappa shape index (κ2) is 5.83. The molecular formula is C12H12ClNO2S3. The van der Waals surface area contributed by atoms with Gasteiger partial charge in [-0.15, -0.1) is 0 Å². The third-order valence-electron chi connectivity index (χ3n) is 2.39. The van der Waals surface area contributed by atoms with Crippen molar-refractivity contribution >= 4 is 44.5 Å². The maximum absolute atomic E-state index is 12.4. The minimum absolute atomic E-state index is 0.0426. The van der Waals surface area contributed by atoms with Crippen LogP contribution in [0.25, 0.3) is 0 Å². The number of aryl methyl sites for hydroxylation is 1. The van der Waals surface area contributed by atoms with Crippen molar-refractivity contribution in [3.05, 3.63) is 34.2 Å². The van der Waals surface area contributed by atoms with Crippen molar-refractivity contribution in [3.63, 3.8) is 0 Å². The van der Waals surface area contributed by atoms with Crippen molar-refractivity contribution in [1.82, 2.24) is 4.98 Å². The fraction of sp³-hybridized carbons (Fsp3) is 0.250. The fourth-order valence-corrected chi connectivity index (χ4v) is 5.53. The highest BCUT2D eigenvalue weighted by atomic mass is 35.5. The summed E-state index contributed by atoms with van der Waals surface area (Å²) in [4.78, 5) is 4.35. The first-order valence-corrected chi connectivity index (χ1v) is 9.22. The van der Waals surface area contributed by atoms with Crippen LogP contribution in [-0.2, 0) is 9.84 Å². The van der Waals surface area contributed by atoms with Crippen LogP contribution in [0, 0.1) is 6.92 Å². The molecule has 0 amide bonds. The number of rotatable bonds is 4. The predicted octanol–water partition coefficient (Wildman–Crippen LogP) is 4.05. The van der Waals surface area contributed by atoms with Crippen LogP contribution in [0.2, 0.25) is 4.34 Å². The Bertz CT molecular complexity index is 678. The van der Waals surface area contributed by atoms with Gasteiger partial charge in [0.15, 0.2) is 9.37 Å². The van der Waals surface area contributed by atoms with Gasteiger partial charge in [0.1, 0.15) is 4.34 Å². The molecule has 0 bridgehead atoms. The number of thioether (sulfide) groups is 1. The molecule has 1 aromatic carbocycles. The Morgan fingerprint density at radius 2 is 1.95 bits per heavy atom. The molecule has 0 saturated heterocycles. The zero-order valence-corrected chi connectivity index (χ0v) is 13.6. The first kappa shape index (κ1) is 14.8. The molecule has 2 rings (SSSR count). The number of hydrogen-bond acceptors (Lipinski definition) is 5. The largest absolute Gasteiger partial charge is 0.226 e. The molecule has 2 aromatic rings. The third kappa shape index (κ3) is 3.13. The highest BCUT2D eigenvalue weighted by Gasteiger charge is 2.25. The summed E-state index contributed by atoms with van der Waals surface area (Å²) in [6, 6.07) is 6.67. The summed E-state index contributed by atoms with van der Waals surface area (Å²) in [6.45, 7) is 3.89. The van der Waals surface area contributed by atoms with Crippen molar-refractivity contribution in [1.29, 1.82) is 0 Å². The Hall–Kier alpha value is -0.560. The topological polar surface area (TPSA) is 47.0 Å². The van der Waals surface area contributed by atoms with Crippen LogP contribution in [0.15, 0.2) is 38.5 Å². The normalized spacial score (nSPS) is 11.7. The molecule has 0 spiro atoms. The third-order valence-corrected chi connectivity index (χ3v) is 6.61. The minimum Gasteiger partial charge on any atom is -0.217 e. The number of halogens is 1. The van der Waals surface area contributed by atoms with E-state index in [1.807, 2.05) is 13.8 Å². The van der Waals surface area contributed by atoms with E-state index in [0.717, 1.165) is 11.3 Å². The quantitative estimate of drug-likeness (QED) is 0.792. The number of thiazole rings is 1. The molecule has 0 aliphatic carbocycles. The molecule has 7 heteroatoms. The lowest BCUT2D eigenvalue weighted by molar-refractivity contribution is 0.592. The number of sulfone groups is 1. The zero-order valence-electron chi connectivity index (χ0n) is 10.4. The summed E-state index contributed by atoms with van der Waals surface area (Å²) in [5.41, 5.74) is 1.01. The van der Waals surface area contributed by atoms with Crippen molar-refractivity contribution in [2.24, 2.45) is 0 Å². The van der Waals surface area contributed by atoms with Gasteiger partial charge in [0.2, 0.25) is 9.84 Å². The van der Waals surface area contributed by atoms with Gasteiger partial charge < -0.3 is 0 Å². The van der Waals surface area contributed by atoms with Gasteiger partial charge >= 0.3 is 0 Å². The highest BCUT2D eigenvalue weighted by Crippen LogP contribution is 2.36. The van der Waals surface area contributed by atoms with Gasteiger partial charge in [-0.25, -0.2) is 13.4 Å². The summed E-state index contributed by atoms with van der Waals surface area (Å²) < 4.78 is 25.8. The summed E-state index contributed by atoms with van der Waals surface area (Å²) in [6.07, 6.45) is 0. The van der Waals surface area contributed by atoms with Crippen molar-refractivity contribution in [2.45, 2.75) is 28.1 Å². The van der Waals surface area contributed by atoms with Crippen LogP contribution in [0.5, 0.6) is 0 Å². The van der Waals surface area contributed by atoms with E-state index in [9.17, 15) is 8.42 Å². The van der Waals surface area contributed by atoms with E-state index < -0.39 is 9.84 Å². The average Bonchev–Trinajstić information content (AvgIpc) is 2.72. The van der Waals surface area contributed by atoms with E-state index in [-0.39, 0.29) is 14.3 Å². The minimum atomic E-state index is -3.63. The van der Waals surface area contributed by atoms with E-state index in [1.54, 1.807) is 24.3 Å². The Balaban J connectivity index is 2.47. The van der Waals surface area contributed by atoms with Crippen molar-refractivity contribution in [2.75, 3.05) is 5.75 Å². The molecule has 0 saturated carbocycles. The molecule has 0 unspecified atom stereocenters. The monoisotopic (exact) mass is 333 g/mol. The molecule has 0 fully saturated rings. The summed E-state index contributed by atoms with van der Waals surface area (Å²) in [5.74, 6) is 0.827. The average molecular weight is 334 g/mol. The molecule has 1 heterocycles. The second-order valence-electron chi connectivity index (χ2n) is 3.81. The first-order valence-electron chi connectivity index (χ1n) is 5.56. The summed E-state index contributed by atoms with van der Waals surface area (Å²) in [7, 11) is -3.63. The van der Waals surface area contributed by atoms with Crippen molar-refractivity contribution < 1.29 is 8.42 Å². The van der Waals surface area contributed by atoms with Crippen LogP contribution in [0.3, 0.4) is 0 Å². The number of hydrogen-bond donors (Lipinski definition) is 0. The number of nitrogens with zero attached hydrogens (tertiary/aromatic N) is 1. The maximum Gasteiger partial charge on any atom is 0.226 e. The predicted molar refractivity (Wildman–Crippen MR) is 80.2 cm³/mol. The van der Waals surface area contributed by atoms with Crippen LogP contribution in [0.4, 0.5) is 0 Å². The molecule has 0 aliphatic rings. The van der Waals surface area contributed by atoms with E-state index in [2.05, 4.69) is 4.98 Å². The van der Waals surface area contributed by atoms with Crippen LogP contribution in [-0.4, -0.2) is 19.2 Å². The van der Waals surface area contributed by atoms with Crippen molar-refractivity contribution in [3.8, 4) is 0 Å². The fourth-order valence-electron chi connectivity index (χ4n) is 1.45. The summed E-state index contributed by atoms with van der Waals surface area (Å²) in [5, 5.41) is -0.0426. The number of aromatic nitrogens is 1. The Labute approximate surface area is 125 Å². The number of benzene rings is 1. The Morgan fingerprint density at radius 1 is 1.32 bits per heavy atom. The lowest BCUT2D eigenvalue weighted by Crippen LogP contribution is -2.03. The summed E-state index contributed by atoms with van der Waals surface area (Å²) >= 11 is 8.69. The van der Waals surface area contributed by atoms with Gasteiger partial charge in [0.05, 0.1) is 4.90 Å². The van der Waals surface area contributed by atoms with Gasteiger partial charge in [0, 0.05) is 0 Å².